The van der Waals surface area contributed by atoms with Crippen molar-refractivity contribution >= 4 is 0 Å². The third-order valence-corrected chi connectivity index (χ3v) is 4.33. The molecule has 3 rings (SSSR count). The van der Waals surface area contributed by atoms with Gasteiger partial charge in [0.15, 0.2) is 0 Å². The van der Waals surface area contributed by atoms with Crippen LogP contribution >= 0.6 is 0 Å². The fourth-order valence-electron chi connectivity index (χ4n) is 2.88. The number of hydrogen-bond donors (Lipinski definition) is 0. The average Bonchev–Trinajstić information content (AvgIpc) is 3.26. The topological polar surface area (TPSA) is 6.48 Å². The molecular weight excluding hydrogens is 239 g/mol. The SMILES string of the molecule is FCc1ccccc1CN1CCN(CC2CC2)CC1. The molecule has 1 aliphatic heterocycles. The maximum absolute atomic E-state index is 12.9. The molecular formula is C16H23FN2. The highest BCUT2D eigenvalue weighted by Crippen LogP contribution is 2.30. The zero-order chi connectivity index (χ0) is 13.1. The van der Waals surface area contributed by atoms with Crippen molar-refractivity contribution in [3.05, 3.63) is 35.4 Å². The van der Waals surface area contributed by atoms with Crippen LogP contribution < -0.4 is 0 Å². The average molecular weight is 262 g/mol. The fraction of sp³-hybridized carbons (Fsp3) is 0.625. The Morgan fingerprint density at radius 2 is 1.58 bits per heavy atom. The summed E-state index contributed by atoms with van der Waals surface area (Å²) >= 11 is 0. The number of benzene rings is 1. The molecule has 2 aliphatic rings. The van der Waals surface area contributed by atoms with Crippen molar-refractivity contribution in [1.82, 2.24) is 9.80 Å². The smallest absolute Gasteiger partial charge is 0.115 e. The molecule has 0 radical (unpaired) electrons. The molecule has 1 aromatic carbocycles. The van der Waals surface area contributed by atoms with E-state index in [0.29, 0.717) is 0 Å². The van der Waals surface area contributed by atoms with Gasteiger partial charge in [-0.2, -0.15) is 0 Å². The Bertz CT molecular complexity index is 409. The predicted molar refractivity (Wildman–Crippen MR) is 75.7 cm³/mol. The van der Waals surface area contributed by atoms with Gasteiger partial charge in [-0.25, -0.2) is 4.39 Å². The molecule has 0 atom stereocenters. The van der Waals surface area contributed by atoms with E-state index in [1.54, 1.807) is 0 Å². The number of halogens is 1. The number of hydrogen-bond acceptors (Lipinski definition) is 2. The van der Waals surface area contributed by atoms with Gasteiger partial charge in [-0.1, -0.05) is 24.3 Å². The largest absolute Gasteiger partial charge is 0.301 e. The number of piperazine rings is 1. The van der Waals surface area contributed by atoms with Gasteiger partial charge in [0.05, 0.1) is 0 Å². The second-order valence-electron chi connectivity index (χ2n) is 5.92. The van der Waals surface area contributed by atoms with Crippen molar-refractivity contribution in [2.75, 3.05) is 32.7 Å². The van der Waals surface area contributed by atoms with Gasteiger partial charge in [-0.3, -0.25) is 4.90 Å². The molecule has 3 heteroatoms. The minimum atomic E-state index is -0.349. The first kappa shape index (κ1) is 13.1. The maximum Gasteiger partial charge on any atom is 0.115 e. The summed E-state index contributed by atoms with van der Waals surface area (Å²) in [4.78, 5) is 5.05. The molecule has 104 valence electrons. The van der Waals surface area contributed by atoms with Gasteiger partial charge in [0, 0.05) is 39.3 Å². The van der Waals surface area contributed by atoms with E-state index in [1.165, 1.54) is 32.5 Å². The minimum absolute atomic E-state index is 0.349. The first-order valence-electron chi connectivity index (χ1n) is 7.42. The third kappa shape index (κ3) is 3.54. The molecule has 0 aromatic heterocycles. The van der Waals surface area contributed by atoms with Crippen LogP contribution in [0.15, 0.2) is 24.3 Å². The van der Waals surface area contributed by atoms with Crippen LogP contribution in [0.4, 0.5) is 4.39 Å². The van der Waals surface area contributed by atoms with Gasteiger partial charge in [0.2, 0.25) is 0 Å². The maximum atomic E-state index is 12.9. The summed E-state index contributed by atoms with van der Waals surface area (Å²) in [5.41, 5.74) is 2.00. The molecule has 0 unspecified atom stereocenters. The van der Waals surface area contributed by atoms with Crippen LogP contribution in [0.1, 0.15) is 24.0 Å². The first-order chi connectivity index (χ1) is 9.35. The lowest BCUT2D eigenvalue weighted by Gasteiger charge is -2.35. The Morgan fingerprint density at radius 3 is 2.21 bits per heavy atom. The normalized spacial score (nSPS) is 21.7. The first-order valence-corrected chi connectivity index (χ1v) is 7.42. The summed E-state index contributed by atoms with van der Waals surface area (Å²) in [5, 5.41) is 0. The summed E-state index contributed by atoms with van der Waals surface area (Å²) in [7, 11) is 0. The standard InChI is InChI=1S/C16H23FN2/c17-11-15-3-1-2-4-16(15)13-19-9-7-18(8-10-19)12-14-5-6-14/h1-4,14H,5-13H2. The molecule has 1 heterocycles. The van der Waals surface area contributed by atoms with Gasteiger partial charge >= 0.3 is 0 Å². The molecule has 19 heavy (non-hydrogen) atoms. The number of alkyl halides is 1. The van der Waals surface area contributed by atoms with Gasteiger partial charge in [-0.15, -0.1) is 0 Å². The highest BCUT2D eigenvalue weighted by Gasteiger charge is 2.26. The Kier molecular flexibility index (Phi) is 4.14. The van der Waals surface area contributed by atoms with Crippen LogP contribution in [-0.2, 0) is 13.2 Å². The molecule has 2 nitrogen and oxygen atoms in total. The van der Waals surface area contributed by atoms with E-state index in [1.807, 2.05) is 18.2 Å². The van der Waals surface area contributed by atoms with Crippen molar-refractivity contribution in [1.29, 1.82) is 0 Å². The predicted octanol–water partition coefficient (Wildman–Crippen LogP) is 2.68. The van der Waals surface area contributed by atoms with Crippen LogP contribution in [0.25, 0.3) is 0 Å². The van der Waals surface area contributed by atoms with Crippen LogP contribution in [0.2, 0.25) is 0 Å². The summed E-state index contributed by atoms with van der Waals surface area (Å²) in [6.45, 7) is 6.44. The molecule has 0 bridgehead atoms. The summed E-state index contributed by atoms with van der Waals surface area (Å²) in [5.74, 6) is 0.985. The van der Waals surface area contributed by atoms with E-state index in [0.717, 1.165) is 36.7 Å². The lowest BCUT2D eigenvalue weighted by molar-refractivity contribution is 0.123. The monoisotopic (exact) mass is 262 g/mol. The molecule has 1 saturated heterocycles. The highest BCUT2D eigenvalue weighted by molar-refractivity contribution is 5.26. The van der Waals surface area contributed by atoms with E-state index in [2.05, 4.69) is 15.9 Å². The third-order valence-electron chi connectivity index (χ3n) is 4.33. The van der Waals surface area contributed by atoms with Crippen molar-refractivity contribution < 1.29 is 4.39 Å². The quantitative estimate of drug-likeness (QED) is 0.805. The van der Waals surface area contributed by atoms with Crippen LogP contribution in [0, 0.1) is 5.92 Å². The van der Waals surface area contributed by atoms with Crippen LogP contribution in [-0.4, -0.2) is 42.5 Å². The Morgan fingerprint density at radius 1 is 0.947 bits per heavy atom. The van der Waals surface area contributed by atoms with E-state index in [9.17, 15) is 4.39 Å². The second kappa shape index (κ2) is 6.02. The number of nitrogens with zero attached hydrogens (tertiary/aromatic N) is 2. The molecule has 1 aromatic rings. The lowest BCUT2D eigenvalue weighted by Crippen LogP contribution is -2.46. The van der Waals surface area contributed by atoms with Gasteiger partial charge in [0.25, 0.3) is 0 Å². The van der Waals surface area contributed by atoms with Crippen molar-refractivity contribution in [3.63, 3.8) is 0 Å². The Hall–Kier alpha value is -0.930. The fourth-order valence-corrected chi connectivity index (χ4v) is 2.88. The molecule has 0 spiro atoms. The highest BCUT2D eigenvalue weighted by atomic mass is 19.1. The van der Waals surface area contributed by atoms with Crippen LogP contribution in [0.5, 0.6) is 0 Å². The zero-order valence-electron chi connectivity index (χ0n) is 11.5. The summed E-state index contributed by atoms with van der Waals surface area (Å²) in [6.07, 6.45) is 2.87. The molecule has 0 amide bonds. The molecule has 1 aliphatic carbocycles. The number of rotatable bonds is 5. The van der Waals surface area contributed by atoms with Gasteiger partial charge < -0.3 is 4.90 Å². The van der Waals surface area contributed by atoms with E-state index in [4.69, 9.17) is 0 Å². The van der Waals surface area contributed by atoms with E-state index >= 15 is 0 Å². The van der Waals surface area contributed by atoms with Gasteiger partial charge in [-0.05, 0) is 29.9 Å². The van der Waals surface area contributed by atoms with Gasteiger partial charge in [0.1, 0.15) is 6.67 Å². The molecule has 2 fully saturated rings. The van der Waals surface area contributed by atoms with E-state index < -0.39 is 0 Å². The molecule has 1 saturated carbocycles. The van der Waals surface area contributed by atoms with Crippen LogP contribution in [0.3, 0.4) is 0 Å². The van der Waals surface area contributed by atoms with Crippen molar-refractivity contribution in [2.24, 2.45) is 5.92 Å². The Labute approximate surface area is 115 Å². The summed E-state index contributed by atoms with van der Waals surface area (Å²) < 4.78 is 12.9. The Balaban J connectivity index is 1.50. The zero-order valence-corrected chi connectivity index (χ0v) is 11.5. The van der Waals surface area contributed by atoms with Crippen molar-refractivity contribution in [3.8, 4) is 0 Å². The van der Waals surface area contributed by atoms with Crippen molar-refractivity contribution in [2.45, 2.75) is 26.1 Å². The second-order valence-corrected chi connectivity index (χ2v) is 5.92. The summed E-state index contributed by atoms with van der Waals surface area (Å²) in [6, 6.07) is 7.90. The lowest BCUT2D eigenvalue weighted by atomic mass is 10.1. The van der Waals surface area contributed by atoms with E-state index in [-0.39, 0.29) is 6.67 Å². The minimum Gasteiger partial charge on any atom is -0.301 e. The molecule has 0 N–H and O–H groups in total.